The molecule has 0 bridgehead atoms. The number of anilines is 1. The fraction of sp³-hybridized carbons (Fsp3) is 0.0769. The van der Waals surface area contributed by atoms with Gasteiger partial charge < -0.3 is 10.5 Å². The monoisotopic (exact) mass is 345 g/mol. The lowest BCUT2D eigenvalue weighted by Gasteiger charge is -2.10. The van der Waals surface area contributed by atoms with Gasteiger partial charge >= 0.3 is 0 Å². The van der Waals surface area contributed by atoms with E-state index in [4.69, 9.17) is 33.7 Å². The molecule has 0 atom stereocenters. The summed E-state index contributed by atoms with van der Waals surface area (Å²) in [7, 11) is 0. The van der Waals surface area contributed by atoms with Gasteiger partial charge in [-0.15, -0.1) is 0 Å². The van der Waals surface area contributed by atoms with Gasteiger partial charge in [-0.1, -0.05) is 45.2 Å². The second-order valence-electron chi connectivity index (χ2n) is 3.71. The van der Waals surface area contributed by atoms with Crippen molar-refractivity contribution in [2.75, 3.05) is 5.73 Å². The maximum absolute atomic E-state index is 6.10. The highest BCUT2D eigenvalue weighted by molar-refractivity contribution is 9.10. The molecule has 0 aliphatic carbocycles. The van der Waals surface area contributed by atoms with Crippen LogP contribution in [-0.2, 0) is 6.61 Å². The van der Waals surface area contributed by atoms with Crippen molar-refractivity contribution in [1.82, 2.24) is 0 Å². The molecule has 18 heavy (non-hydrogen) atoms. The van der Waals surface area contributed by atoms with Gasteiger partial charge in [0.25, 0.3) is 0 Å². The van der Waals surface area contributed by atoms with E-state index in [2.05, 4.69) is 15.9 Å². The first-order chi connectivity index (χ1) is 8.56. The topological polar surface area (TPSA) is 35.2 Å². The minimum absolute atomic E-state index is 0.359. The summed E-state index contributed by atoms with van der Waals surface area (Å²) in [6.07, 6.45) is 0. The molecule has 0 heterocycles. The molecule has 2 aromatic carbocycles. The fourth-order valence-electron chi connectivity index (χ4n) is 1.45. The summed E-state index contributed by atoms with van der Waals surface area (Å²) < 4.78 is 6.55. The van der Waals surface area contributed by atoms with Crippen molar-refractivity contribution in [3.63, 3.8) is 0 Å². The third-order valence-corrected chi connectivity index (χ3v) is 3.45. The second kappa shape index (κ2) is 5.83. The maximum atomic E-state index is 6.10. The highest BCUT2D eigenvalue weighted by atomic mass is 79.9. The molecule has 0 amide bonds. The van der Waals surface area contributed by atoms with Crippen LogP contribution in [-0.4, -0.2) is 0 Å². The minimum atomic E-state index is 0.359. The van der Waals surface area contributed by atoms with Crippen LogP contribution in [0.5, 0.6) is 5.75 Å². The van der Waals surface area contributed by atoms with E-state index < -0.39 is 0 Å². The number of halogens is 3. The molecule has 0 aromatic heterocycles. The zero-order valence-electron chi connectivity index (χ0n) is 9.29. The average molecular weight is 347 g/mol. The highest BCUT2D eigenvalue weighted by Crippen LogP contribution is 2.27. The third-order valence-electron chi connectivity index (χ3n) is 2.37. The van der Waals surface area contributed by atoms with Gasteiger partial charge in [0.15, 0.2) is 0 Å². The Labute approximate surface area is 124 Å². The Hall–Kier alpha value is -0.900. The Morgan fingerprint density at radius 2 is 1.89 bits per heavy atom. The molecule has 0 unspecified atom stereocenters. The Balaban J connectivity index is 2.11. The number of benzene rings is 2. The van der Waals surface area contributed by atoms with Gasteiger partial charge in [0, 0.05) is 20.1 Å². The largest absolute Gasteiger partial charge is 0.487 e. The van der Waals surface area contributed by atoms with Gasteiger partial charge in [-0.2, -0.15) is 0 Å². The number of ether oxygens (including phenoxy) is 1. The normalized spacial score (nSPS) is 10.4. The van der Waals surface area contributed by atoms with Crippen LogP contribution in [0.4, 0.5) is 5.69 Å². The lowest BCUT2D eigenvalue weighted by Crippen LogP contribution is -1.99. The predicted octanol–water partition coefficient (Wildman–Crippen LogP) is 4.92. The van der Waals surface area contributed by atoms with E-state index in [0.29, 0.717) is 28.1 Å². The Morgan fingerprint density at radius 3 is 2.56 bits per heavy atom. The Morgan fingerprint density at radius 1 is 1.11 bits per heavy atom. The predicted molar refractivity (Wildman–Crippen MR) is 79.3 cm³/mol. The Bertz CT molecular complexity index is 523. The number of nitrogens with two attached hydrogens (primary N) is 1. The fourth-order valence-corrected chi connectivity index (χ4v) is 2.35. The molecule has 0 radical (unpaired) electrons. The van der Waals surface area contributed by atoms with Crippen LogP contribution in [0.3, 0.4) is 0 Å². The molecule has 0 saturated carbocycles. The van der Waals surface area contributed by atoms with Crippen molar-refractivity contribution >= 4 is 44.8 Å². The summed E-state index contributed by atoms with van der Waals surface area (Å²) in [4.78, 5) is 0. The molecule has 0 saturated heterocycles. The smallest absolute Gasteiger partial charge is 0.142 e. The standard InChI is InChI=1S/C13H10BrCl2NO/c14-9-2-1-8(11(16)5-9)7-18-13-4-3-10(15)6-12(13)17/h1-6H,7,17H2. The van der Waals surface area contributed by atoms with Crippen LogP contribution >= 0.6 is 39.1 Å². The van der Waals surface area contributed by atoms with Gasteiger partial charge in [-0.05, 0) is 30.3 Å². The molecular weight excluding hydrogens is 337 g/mol. The number of nitrogen functional groups attached to an aromatic ring is 1. The van der Waals surface area contributed by atoms with Crippen molar-refractivity contribution < 1.29 is 4.74 Å². The van der Waals surface area contributed by atoms with Gasteiger partial charge in [0.05, 0.1) is 5.69 Å². The van der Waals surface area contributed by atoms with Crippen LogP contribution in [0, 0.1) is 0 Å². The summed E-state index contributed by atoms with van der Waals surface area (Å²) >= 11 is 15.3. The molecule has 94 valence electrons. The van der Waals surface area contributed by atoms with Crippen LogP contribution in [0.2, 0.25) is 10.0 Å². The van der Waals surface area contributed by atoms with Crippen molar-refractivity contribution in [1.29, 1.82) is 0 Å². The van der Waals surface area contributed by atoms with Crippen molar-refractivity contribution in [3.05, 3.63) is 56.5 Å². The number of hydrogen-bond acceptors (Lipinski definition) is 2. The molecule has 2 aromatic rings. The summed E-state index contributed by atoms with van der Waals surface area (Å²) in [6, 6.07) is 10.8. The van der Waals surface area contributed by atoms with Gasteiger partial charge in [-0.25, -0.2) is 0 Å². The lowest BCUT2D eigenvalue weighted by molar-refractivity contribution is 0.308. The molecule has 0 spiro atoms. The average Bonchev–Trinajstić information content (AvgIpc) is 2.30. The maximum Gasteiger partial charge on any atom is 0.142 e. The van der Waals surface area contributed by atoms with Crippen molar-refractivity contribution in [2.45, 2.75) is 6.61 Å². The van der Waals surface area contributed by atoms with E-state index in [-0.39, 0.29) is 0 Å². The summed E-state index contributed by atoms with van der Waals surface area (Å²) in [6.45, 7) is 0.359. The van der Waals surface area contributed by atoms with Gasteiger partial charge in [0.1, 0.15) is 12.4 Å². The van der Waals surface area contributed by atoms with E-state index in [1.54, 1.807) is 18.2 Å². The molecular formula is C13H10BrCl2NO. The molecule has 2 rings (SSSR count). The highest BCUT2D eigenvalue weighted by Gasteiger charge is 2.05. The SMILES string of the molecule is Nc1cc(Cl)ccc1OCc1ccc(Br)cc1Cl. The van der Waals surface area contributed by atoms with Gasteiger partial charge in [0.2, 0.25) is 0 Å². The molecule has 2 nitrogen and oxygen atoms in total. The quantitative estimate of drug-likeness (QED) is 0.801. The van der Waals surface area contributed by atoms with Crippen LogP contribution in [0.1, 0.15) is 5.56 Å². The van der Waals surface area contributed by atoms with Crippen molar-refractivity contribution in [3.8, 4) is 5.75 Å². The van der Waals surface area contributed by atoms with E-state index in [0.717, 1.165) is 10.0 Å². The first kappa shape index (κ1) is 13.5. The zero-order chi connectivity index (χ0) is 13.1. The third kappa shape index (κ3) is 3.31. The van der Waals surface area contributed by atoms with Crippen LogP contribution < -0.4 is 10.5 Å². The van der Waals surface area contributed by atoms with E-state index in [1.165, 1.54) is 0 Å². The molecule has 2 N–H and O–H groups in total. The second-order valence-corrected chi connectivity index (χ2v) is 5.47. The van der Waals surface area contributed by atoms with E-state index in [1.807, 2.05) is 18.2 Å². The first-order valence-electron chi connectivity index (χ1n) is 5.18. The Kier molecular flexibility index (Phi) is 4.38. The first-order valence-corrected chi connectivity index (χ1v) is 6.73. The van der Waals surface area contributed by atoms with Crippen LogP contribution in [0.25, 0.3) is 0 Å². The summed E-state index contributed by atoms with van der Waals surface area (Å²) in [5, 5.41) is 1.23. The summed E-state index contributed by atoms with van der Waals surface area (Å²) in [5.41, 5.74) is 7.21. The van der Waals surface area contributed by atoms with Crippen molar-refractivity contribution in [2.24, 2.45) is 0 Å². The summed E-state index contributed by atoms with van der Waals surface area (Å²) in [5.74, 6) is 0.596. The van der Waals surface area contributed by atoms with E-state index in [9.17, 15) is 0 Å². The zero-order valence-corrected chi connectivity index (χ0v) is 12.4. The molecule has 5 heteroatoms. The molecule has 0 aliphatic rings. The lowest BCUT2D eigenvalue weighted by atomic mass is 10.2. The van der Waals surface area contributed by atoms with E-state index >= 15 is 0 Å². The number of rotatable bonds is 3. The van der Waals surface area contributed by atoms with Gasteiger partial charge in [-0.3, -0.25) is 0 Å². The molecule has 0 fully saturated rings. The van der Waals surface area contributed by atoms with Crippen LogP contribution in [0.15, 0.2) is 40.9 Å². The number of hydrogen-bond donors (Lipinski definition) is 1. The minimum Gasteiger partial charge on any atom is -0.487 e. The molecule has 0 aliphatic heterocycles.